The number of aromatic nitrogens is 3. The SMILES string of the molecule is CCNC(=O)c1nnc(-c2cc(C(C)C)c(OCc3ccccc3)cc2OCc2ccccc2)n1-c1ccc(CC2CCN(C(=O)CN)CC2)cc1. The summed E-state index contributed by atoms with van der Waals surface area (Å²) < 4.78 is 14.8. The Kier molecular flexibility index (Phi) is 12.0. The minimum absolute atomic E-state index is 0.0129. The van der Waals surface area contributed by atoms with Gasteiger partial charge in [-0.15, -0.1) is 10.2 Å². The molecule has 4 aromatic carbocycles. The Hall–Kier alpha value is -5.48. The number of benzene rings is 4. The molecule has 3 N–H and O–H groups in total. The van der Waals surface area contributed by atoms with E-state index in [0.29, 0.717) is 42.8 Å². The molecule has 52 heavy (non-hydrogen) atoms. The standard InChI is InChI=1S/C42H48N6O4/c1-4-44-42(50)41-46-45-40(48(41)34-17-15-30(16-18-34)23-31-19-21-47(22-20-31)39(49)26-43)36-24-35(29(2)3)37(51-27-32-11-7-5-8-12-32)25-38(36)52-28-33-13-9-6-10-14-33/h5-18,24-25,29,31H,4,19-23,26-28,43H2,1-3H3,(H,44,50). The van der Waals surface area contributed by atoms with Crippen molar-refractivity contribution in [3.63, 3.8) is 0 Å². The van der Waals surface area contributed by atoms with Crippen LogP contribution in [0.2, 0.25) is 0 Å². The van der Waals surface area contributed by atoms with Crippen LogP contribution in [0.5, 0.6) is 11.5 Å². The maximum atomic E-state index is 13.4. The Labute approximate surface area is 306 Å². The zero-order chi connectivity index (χ0) is 36.5. The number of nitrogens with one attached hydrogen (secondary N) is 1. The first kappa shape index (κ1) is 36.3. The molecule has 1 aromatic heterocycles. The fourth-order valence-corrected chi connectivity index (χ4v) is 6.64. The van der Waals surface area contributed by atoms with Crippen LogP contribution in [-0.4, -0.2) is 57.7 Å². The van der Waals surface area contributed by atoms with E-state index in [-0.39, 0.29) is 30.1 Å². The summed E-state index contributed by atoms with van der Waals surface area (Å²) in [5.41, 5.74) is 11.3. The third-order valence-electron chi connectivity index (χ3n) is 9.51. The number of amides is 2. The second-order valence-corrected chi connectivity index (χ2v) is 13.5. The van der Waals surface area contributed by atoms with Crippen molar-refractivity contribution < 1.29 is 19.1 Å². The predicted molar refractivity (Wildman–Crippen MR) is 203 cm³/mol. The molecule has 0 aliphatic carbocycles. The molecule has 0 atom stereocenters. The van der Waals surface area contributed by atoms with Crippen LogP contribution in [0.3, 0.4) is 0 Å². The van der Waals surface area contributed by atoms with Crippen molar-refractivity contribution in [2.45, 2.75) is 59.2 Å². The largest absolute Gasteiger partial charge is 0.488 e. The molecule has 270 valence electrons. The van der Waals surface area contributed by atoms with Crippen molar-refractivity contribution >= 4 is 11.8 Å². The highest BCUT2D eigenvalue weighted by molar-refractivity contribution is 5.92. The summed E-state index contributed by atoms with van der Waals surface area (Å²) in [4.78, 5) is 27.3. The molecule has 0 bridgehead atoms. The van der Waals surface area contributed by atoms with E-state index >= 15 is 0 Å². The number of hydrogen-bond donors (Lipinski definition) is 2. The maximum Gasteiger partial charge on any atom is 0.289 e. The van der Waals surface area contributed by atoms with Gasteiger partial charge in [0.2, 0.25) is 11.7 Å². The summed E-state index contributed by atoms with van der Waals surface area (Å²) in [7, 11) is 0. The molecule has 0 saturated carbocycles. The van der Waals surface area contributed by atoms with Crippen LogP contribution >= 0.6 is 0 Å². The van der Waals surface area contributed by atoms with E-state index in [9.17, 15) is 9.59 Å². The number of carbonyl (C=O) groups excluding carboxylic acids is 2. The Morgan fingerprint density at radius 3 is 2.02 bits per heavy atom. The number of piperidine rings is 1. The van der Waals surface area contributed by atoms with Gasteiger partial charge in [0.15, 0.2) is 5.82 Å². The van der Waals surface area contributed by atoms with Crippen LogP contribution in [0.4, 0.5) is 0 Å². The van der Waals surface area contributed by atoms with E-state index in [1.807, 2.05) is 95.3 Å². The zero-order valence-electron chi connectivity index (χ0n) is 30.3. The normalized spacial score (nSPS) is 13.3. The molecule has 1 fully saturated rings. The Bertz CT molecular complexity index is 1940. The van der Waals surface area contributed by atoms with Crippen molar-refractivity contribution in [1.82, 2.24) is 25.0 Å². The van der Waals surface area contributed by atoms with Crippen LogP contribution in [0.25, 0.3) is 17.1 Å². The number of carbonyl (C=O) groups is 2. The molecular formula is C42H48N6O4. The summed E-state index contributed by atoms with van der Waals surface area (Å²) in [5, 5.41) is 12.0. The molecule has 5 aromatic rings. The first-order chi connectivity index (χ1) is 25.3. The molecule has 0 unspecified atom stereocenters. The first-order valence-electron chi connectivity index (χ1n) is 18.2. The molecule has 1 saturated heterocycles. The summed E-state index contributed by atoms with van der Waals surface area (Å²) in [5.74, 6) is 2.27. The zero-order valence-corrected chi connectivity index (χ0v) is 30.3. The highest BCUT2D eigenvalue weighted by Crippen LogP contribution is 2.40. The molecule has 1 aliphatic rings. The first-order valence-corrected chi connectivity index (χ1v) is 18.2. The second-order valence-electron chi connectivity index (χ2n) is 13.5. The lowest BCUT2D eigenvalue weighted by atomic mass is 9.90. The lowest BCUT2D eigenvalue weighted by Crippen LogP contribution is -2.41. The van der Waals surface area contributed by atoms with Gasteiger partial charge in [-0.05, 0) is 78.5 Å². The minimum atomic E-state index is -0.317. The fraction of sp³-hybridized carbons (Fsp3) is 0.333. The molecular weight excluding hydrogens is 652 g/mol. The van der Waals surface area contributed by atoms with Crippen molar-refractivity contribution in [1.29, 1.82) is 0 Å². The number of nitrogens with two attached hydrogens (primary N) is 1. The average Bonchev–Trinajstić information content (AvgIpc) is 3.62. The van der Waals surface area contributed by atoms with Crippen LogP contribution < -0.4 is 20.5 Å². The van der Waals surface area contributed by atoms with Gasteiger partial charge in [-0.2, -0.15) is 0 Å². The second kappa shape index (κ2) is 17.2. The summed E-state index contributed by atoms with van der Waals surface area (Å²) >= 11 is 0. The number of hydrogen-bond acceptors (Lipinski definition) is 7. The number of likely N-dealkylation sites (tertiary alicyclic amines) is 1. The van der Waals surface area contributed by atoms with Crippen LogP contribution in [0.1, 0.15) is 72.4 Å². The molecule has 2 amide bonds. The van der Waals surface area contributed by atoms with E-state index in [1.54, 1.807) is 0 Å². The van der Waals surface area contributed by atoms with Gasteiger partial charge in [-0.1, -0.05) is 86.6 Å². The molecule has 1 aliphatic heterocycles. The molecule has 0 spiro atoms. The van der Waals surface area contributed by atoms with Crippen LogP contribution in [0.15, 0.2) is 97.1 Å². The van der Waals surface area contributed by atoms with Crippen molar-refractivity contribution in [2.24, 2.45) is 11.7 Å². The third kappa shape index (κ3) is 8.69. The maximum absolute atomic E-state index is 13.4. The number of ether oxygens (including phenoxy) is 2. The van der Waals surface area contributed by atoms with Crippen LogP contribution in [0, 0.1) is 5.92 Å². The number of nitrogens with zero attached hydrogens (tertiary/aromatic N) is 4. The average molecular weight is 701 g/mol. The van der Waals surface area contributed by atoms with Gasteiger partial charge in [-0.25, -0.2) is 0 Å². The molecule has 0 radical (unpaired) electrons. The van der Waals surface area contributed by atoms with Gasteiger partial charge < -0.3 is 25.4 Å². The number of rotatable bonds is 14. The topological polar surface area (TPSA) is 125 Å². The predicted octanol–water partition coefficient (Wildman–Crippen LogP) is 6.71. The van der Waals surface area contributed by atoms with Gasteiger partial charge in [0.1, 0.15) is 24.7 Å². The highest BCUT2D eigenvalue weighted by Gasteiger charge is 2.26. The molecule has 10 heteroatoms. The van der Waals surface area contributed by atoms with Crippen LogP contribution in [-0.2, 0) is 24.4 Å². The minimum Gasteiger partial charge on any atom is -0.488 e. The quantitative estimate of drug-likeness (QED) is 0.132. The fourth-order valence-electron chi connectivity index (χ4n) is 6.64. The summed E-state index contributed by atoms with van der Waals surface area (Å²) in [6, 6.07) is 32.3. The van der Waals surface area contributed by atoms with E-state index in [4.69, 9.17) is 15.2 Å². The van der Waals surface area contributed by atoms with Gasteiger partial charge >= 0.3 is 0 Å². The Morgan fingerprint density at radius 2 is 1.44 bits per heavy atom. The van der Waals surface area contributed by atoms with E-state index in [1.165, 1.54) is 5.56 Å². The molecule has 2 heterocycles. The third-order valence-corrected chi connectivity index (χ3v) is 9.51. The van der Waals surface area contributed by atoms with Crippen molar-refractivity contribution in [3.8, 4) is 28.6 Å². The van der Waals surface area contributed by atoms with Gasteiger partial charge in [0.25, 0.3) is 5.91 Å². The smallest absolute Gasteiger partial charge is 0.289 e. The van der Waals surface area contributed by atoms with E-state index in [2.05, 4.69) is 47.6 Å². The summed E-state index contributed by atoms with van der Waals surface area (Å²) in [6.07, 6.45) is 2.79. The van der Waals surface area contributed by atoms with Gasteiger partial charge in [-0.3, -0.25) is 14.2 Å². The molecule has 10 nitrogen and oxygen atoms in total. The lowest BCUT2D eigenvalue weighted by Gasteiger charge is -2.31. The van der Waals surface area contributed by atoms with E-state index in [0.717, 1.165) is 60.5 Å². The van der Waals surface area contributed by atoms with Gasteiger partial charge in [0.05, 0.1) is 12.1 Å². The van der Waals surface area contributed by atoms with Crippen molar-refractivity contribution in [3.05, 3.63) is 125 Å². The molecule has 6 rings (SSSR count). The Morgan fingerprint density at radius 1 is 0.827 bits per heavy atom. The van der Waals surface area contributed by atoms with Gasteiger partial charge in [0, 0.05) is 31.4 Å². The van der Waals surface area contributed by atoms with E-state index < -0.39 is 0 Å². The lowest BCUT2D eigenvalue weighted by molar-refractivity contribution is -0.131. The summed E-state index contributed by atoms with van der Waals surface area (Å²) in [6.45, 7) is 8.86. The monoisotopic (exact) mass is 700 g/mol. The van der Waals surface area contributed by atoms with Crippen molar-refractivity contribution in [2.75, 3.05) is 26.2 Å². The highest BCUT2D eigenvalue weighted by atomic mass is 16.5. The Balaban J connectivity index is 1.37.